The maximum absolute atomic E-state index is 3.42. The molecule has 3 heterocycles. The molecule has 2 unspecified atom stereocenters. The number of halogens is 1. The Morgan fingerprint density at radius 1 is 1.12 bits per heavy atom. The van der Waals surface area contributed by atoms with Crippen LogP contribution >= 0.6 is 12.4 Å². The summed E-state index contributed by atoms with van der Waals surface area (Å²) < 4.78 is 0. The van der Waals surface area contributed by atoms with Crippen LogP contribution < -0.4 is 10.6 Å². The van der Waals surface area contributed by atoms with Gasteiger partial charge in [0, 0.05) is 25.2 Å². The summed E-state index contributed by atoms with van der Waals surface area (Å²) in [6.45, 7) is 2.38. The average molecular weight is 135 g/mol. The van der Waals surface area contributed by atoms with Gasteiger partial charge in [0.2, 0.25) is 0 Å². The summed E-state index contributed by atoms with van der Waals surface area (Å²) in [7, 11) is 0. The van der Waals surface area contributed by atoms with Crippen molar-refractivity contribution in [2.75, 3.05) is 13.1 Å². The fourth-order valence-electron chi connectivity index (χ4n) is 1.37. The zero-order valence-corrected chi connectivity index (χ0v) is 5.50. The largest absolute Gasteiger partial charge is 0.314 e. The minimum absolute atomic E-state index is 0. The van der Waals surface area contributed by atoms with Gasteiger partial charge in [-0.25, -0.2) is 0 Å². The molecule has 0 spiro atoms. The molecule has 0 aromatic rings. The average Bonchev–Trinajstić information content (AvgIpc) is 1.67. The third-order valence-corrected chi connectivity index (χ3v) is 1.82. The lowest BCUT2D eigenvalue weighted by molar-refractivity contribution is 0.201. The van der Waals surface area contributed by atoms with Gasteiger partial charge in [-0.15, -0.1) is 12.4 Å². The Labute approximate surface area is 55.4 Å². The maximum Gasteiger partial charge on any atom is 0.0210 e. The van der Waals surface area contributed by atoms with E-state index < -0.39 is 0 Å². The first-order chi connectivity index (χ1) is 3.45. The molecule has 2 nitrogen and oxygen atoms in total. The van der Waals surface area contributed by atoms with E-state index in [1.807, 2.05) is 0 Å². The molecule has 0 amide bonds. The van der Waals surface area contributed by atoms with Crippen molar-refractivity contribution in [1.29, 1.82) is 0 Å². The number of fused-ring (bicyclic) bond motifs is 2. The number of piperazine rings is 1. The van der Waals surface area contributed by atoms with Crippen LogP contribution in [-0.4, -0.2) is 25.2 Å². The zero-order valence-electron chi connectivity index (χ0n) is 4.68. The van der Waals surface area contributed by atoms with Gasteiger partial charge in [-0.3, -0.25) is 0 Å². The number of rotatable bonds is 0. The summed E-state index contributed by atoms with van der Waals surface area (Å²) >= 11 is 0. The molecular formula is C5H11ClN2. The first kappa shape index (κ1) is 6.33. The second-order valence-electron chi connectivity index (χ2n) is 2.45. The van der Waals surface area contributed by atoms with E-state index in [1.165, 1.54) is 19.5 Å². The highest BCUT2D eigenvalue weighted by Crippen LogP contribution is 2.13. The Hall–Kier alpha value is 0.210. The molecule has 3 fully saturated rings. The van der Waals surface area contributed by atoms with Gasteiger partial charge >= 0.3 is 0 Å². The van der Waals surface area contributed by atoms with Crippen molar-refractivity contribution >= 4 is 12.4 Å². The van der Waals surface area contributed by atoms with Gasteiger partial charge in [-0.05, 0) is 6.42 Å². The fourth-order valence-corrected chi connectivity index (χ4v) is 1.37. The summed E-state index contributed by atoms with van der Waals surface area (Å²) in [6, 6.07) is 1.64. The molecule has 3 saturated heterocycles. The summed E-state index contributed by atoms with van der Waals surface area (Å²) in [4.78, 5) is 0. The van der Waals surface area contributed by atoms with Crippen LogP contribution in [0.15, 0.2) is 0 Å². The topological polar surface area (TPSA) is 24.1 Å². The van der Waals surface area contributed by atoms with Crippen molar-refractivity contribution in [3.63, 3.8) is 0 Å². The van der Waals surface area contributed by atoms with E-state index in [-0.39, 0.29) is 12.4 Å². The predicted octanol–water partition coefficient (Wildman–Crippen LogP) is -0.258. The molecular weight excluding hydrogens is 124 g/mol. The SMILES string of the molecule is C1NCC2CC1N2.Cl. The molecule has 3 rings (SSSR count). The summed E-state index contributed by atoms with van der Waals surface area (Å²) in [6.07, 6.45) is 1.41. The van der Waals surface area contributed by atoms with E-state index in [2.05, 4.69) is 10.6 Å². The Morgan fingerprint density at radius 3 is 1.75 bits per heavy atom. The normalized spacial score (nSPS) is 42.0. The van der Waals surface area contributed by atoms with Gasteiger partial charge in [0.1, 0.15) is 0 Å². The smallest absolute Gasteiger partial charge is 0.0210 e. The summed E-state index contributed by atoms with van der Waals surface area (Å²) in [5.41, 5.74) is 0. The van der Waals surface area contributed by atoms with E-state index in [0.29, 0.717) is 0 Å². The van der Waals surface area contributed by atoms with E-state index in [9.17, 15) is 0 Å². The van der Waals surface area contributed by atoms with Gasteiger partial charge in [0.05, 0.1) is 0 Å². The van der Waals surface area contributed by atoms with Crippen molar-refractivity contribution < 1.29 is 0 Å². The third kappa shape index (κ3) is 0.835. The highest BCUT2D eigenvalue weighted by molar-refractivity contribution is 5.85. The van der Waals surface area contributed by atoms with Gasteiger partial charge in [0.15, 0.2) is 0 Å². The second kappa shape index (κ2) is 2.21. The monoisotopic (exact) mass is 134 g/mol. The van der Waals surface area contributed by atoms with Crippen LogP contribution in [-0.2, 0) is 0 Å². The van der Waals surface area contributed by atoms with Crippen LogP contribution in [0.2, 0.25) is 0 Å². The predicted molar refractivity (Wildman–Crippen MR) is 35.4 cm³/mol. The Morgan fingerprint density at radius 2 is 1.62 bits per heavy atom. The Balaban J connectivity index is 0.000000320. The van der Waals surface area contributed by atoms with Gasteiger partial charge in [0.25, 0.3) is 0 Å². The summed E-state index contributed by atoms with van der Waals surface area (Å²) in [5, 5.41) is 6.74. The first-order valence-corrected chi connectivity index (χ1v) is 2.92. The standard InChI is InChI=1S/C5H10N2.ClH/c1-4-2-6-3-5(1)7-4;/h4-7H,1-3H2;1H. The molecule has 2 N–H and O–H groups in total. The maximum atomic E-state index is 3.42. The van der Waals surface area contributed by atoms with E-state index in [4.69, 9.17) is 0 Å². The van der Waals surface area contributed by atoms with Crippen molar-refractivity contribution in [3.05, 3.63) is 0 Å². The number of hydrogen-bond acceptors (Lipinski definition) is 2. The molecule has 2 atom stereocenters. The molecule has 2 bridgehead atoms. The van der Waals surface area contributed by atoms with Crippen LogP contribution in [0.25, 0.3) is 0 Å². The van der Waals surface area contributed by atoms with Crippen molar-refractivity contribution in [3.8, 4) is 0 Å². The molecule has 0 aromatic heterocycles. The van der Waals surface area contributed by atoms with Gasteiger partial charge < -0.3 is 10.6 Å². The van der Waals surface area contributed by atoms with E-state index >= 15 is 0 Å². The molecule has 48 valence electrons. The Bertz CT molecular complexity index is 67.0. The fraction of sp³-hybridized carbons (Fsp3) is 1.00. The lowest BCUT2D eigenvalue weighted by Gasteiger charge is -2.42. The molecule has 8 heavy (non-hydrogen) atoms. The third-order valence-electron chi connectivity index (χ3n) is 1.82. The molecule has 3 aliphatic rings. The molecule has 0 aliphatic carbocycles. The second-order valence-corrected chi connectivity index (χ2v) is 2.45. The molecule has 0 radical (unpaired) electrons. The van der Waals surface area contributed by atoms with Crippen molar-refractivity contribution in [2.45, 2.75) is 18.5 Å². The highest BCUT2D eigenvalue weighted by Gasteiger charge is 2.31. The zero-order chi connectivity index (χ0) is 4.69. The minimum atomic E-state index is 0. The van der Waals surface area contributed by atoms with Crippen molar-refractivity contribution in [1.82, 2.24) is 10.6 Å². The lowest BCUT2D eigenvalue weighted by atomic mass is 9.93. The molecule has 3 heteroatoms. The Kier molecular flexibility index (Phi) is 1.75. The number of nitrogens with one attached hydrogen (secondary N) is 2. The van der Waals surface area contributed by atoms with Crippen LogP contribution in [0, 0.1) is 0 Å². The first-order valence-electron chi connectivity index (χ1n) is 2.92. The van der Waals surface area contributed by atoms with Crippen LogP contribution in [0.4, 0.5) is 0 Å². The van der Waals surface area contributed by atoms with Gasteiger partial charge in [-0.1, -0.05) is 0 Å². The summed E-state index contributed by atoms with van der Waals surface area (Å²) in [5.74, 6) is 0. The molecule has 0 aromatic carbocycles. The van der Waals surface area contributed by atoms with Crippen LogP contribution in [0.1, 0.15) is 6.42 Å². The number of piperidine rings is 1. The number of hydrogen-bond donors (Lipinski definition) is 2. The van der Waals surface area contributed by atoms with E-state index in [1.54, 1.807) is 0 Å². The van der Waals surface area contributed by atoms with Crippen LogP contribution in [0.3, 0.4) is 0 Å². The quantitative estimate of drug-likeness (QED) is 0.477. The van der Waals surface area contributed by atoms with Gasteiger partial charge in [-0.2, -0.15) is 0 Å². The lowest BCUT2D eigenvalue weighted by Crippen LogP contribution is -2.65. The highest BCUT2D eigenvalue weighted by atomic mass is 35.5. The molecule has 0 saturated carbocycles. The van der Waals surface area contributed by atoms with Crippen molar-refractivity contribution in [2.24, 2.45) is 0 Å². The molecule has 3 aliphatic heterocycles. The van der Waals surface area contributed by atoms with E-state index in [0.717, 1.165) is 12.1 Å². The minimum Gasteiger partial charge on any atom is -0.314 e. The van der Waals surface area contributed by atoms with Crippen LogP contribution in [0.5, 0.6) is 0 Å².